The lowest BCUT2D eigenvalue weighted by Gasteiger charge is -2.19. The minimum absolute atomic E-state index is 0.0689. The van der Waals surface area contributed by atoms with Crippen molar-refractivity contribution in [2.45, 2.75) is 32.4 Å². The third-order valence-corrected chi connectivity index (χ3v) is 3.53. The molecule has 5 heteroatoms. The van der Waals surface area contributed by atoms with Crippen molar-refractivity contribution < 1.29 is 9.13 Å². The molecule has 1 aromatic heterocycles. The number of likely N-dealkylation sites (N-methyl/N-ethyl adjacent to an activating group) is 1. The highest BCUT2D eigenvalue weighted by molar-refractivity contribution is 5.30. The molecule has 0 aliphatic carbocycles. The van der Waals surface area contributed by atoms with Gasteiger partial charge in [0.2, 0.25) is 0 Å². The molecule has 0 fully saturated rings. The van der Waals surface area contributed by atoms with Gasteiger partial charge in [-0.25, -0.2) is 4.39 Å². The van der Waals surface area contributed by atoms with Gasteiger partial charge in [0.15, 0.2) is 5.75 Å². The normalized spacial score (nSPS) is 12.4. The Morgan fingerprint density at radius 1 is 1.33 bits per heavy atom. The molecule has 21 heavy (non-hydrogen) atoms. The first kappa shape index (κ1) is 15.5. The number of aryl methyl sites for hydroxylation is 1. The van der Waals surface area contributed by atoms with Crippen LogP contribution in [0.2, 0.25) is 0 Å². The molecule has 0 amide bonds. The van der Waals surface area contributed by atoms with Crippen LogP contribution in [0.4, 0.5) is 4.39 Å². The van der Waals surface area contributed by atoms with Gasteiger partial charge in [-0.15, -0.1) is 0 Å². The van der Waals surface area contributed by atoms with Gasteiger partial charge < -0.3 is 10.1 Å². The van der Waals surface area contributed by atoms with Crippen molar-refractivity contribution in [3.05, 3.63) is 47.5 Å². The van der Waals surface area contributed by atoms with Gasteiger partial charge in [-0.05, 0) is 37.6 Å². The zero-order valence-corrected chi connectivity index (χ0v) is 12.8. The first-order chi connectivity index (χ1) is 10.2. The number of hydrogen-bond donors (Lipinski definition) is 1. The van der Waals surface area contributed by atoms with E-state index in [1.807, 2.05) is 23.9 Å². The Hall–Kier alpha value is -1.88. The van der Waals surface area contributed by atoms with E-state index in [4.69, 9.17) is 4.74 Å². The molecule has 1 atom stereocenters. The van der Waals surface area contributed by atoms with Crippen LogP contribution in [-0.2, 0) is 13.0 Å². The first-order valence-corrected chi connectivity index (χ1v) is 7.21. The van der Waals surface area contributed by atoms with E-state index >= 15 is 0 Å². The van der Waals surface area contributed by atoms with Gasteiger partial charge in [0.25, 0.3) is 0 Å². The second kappa shape index (κ2) is 7.22. The molecule has 0 spiro atoms. The molecule has 0 radical (unpaired) electrons. The number of aromatic nitrogens is 2. The maximum absolute atomic E-state index is 13.0. The number of halogens is 1. The molecular weight excluding hydrogens is 269 g/mol. The third kappa shape index (κ3) is 3.61. The van der Waals surface area contributed by atoms with Crippen LogP contribution >= 0.6 is 0 Å². The van der Waals surface area contributed by atoms with Crippen LogP contribution in [0.25, 0.3) is 0 Å². The third-order valence-electron chi connectivity index (χ3n) is 3.53. The van der Waals surface area contributed by atoms with Gasteiger partial charge in [0.1, 0.15) is 5.82 Å². The smallest absolute Gasteiger partial charge is 0.161 e. The Bertz CT molecular complexity index is 565. The topological polar surface area (TPSA) is 39.1 Å². The van der Waals surface area contributed by atoms with Crippen LogP contribution in [0.15, 0.2) is 30.5 Å². The van der Waals surface area contributed by atoms with E-state index in [9.17, 15) is 4.39 Å². The molecule has 1 unspecified atom stereocenters. The highest BCUT2D eigenvalue weighted by Gasteiger charge is 2.20. The van der Waals surface area contributed by atoms with Gasteiger partial charge >= 0.3 is 0 Å². The van der Waals surface area contributed by atoms with Crippen LogP contribution in [0.3, 0.4) is 0 Å². The van der Waals surface area contributed by atoms with E-state index in [-0.39, 0.29) is 11.9 Å². The molecule has 1 N–H and O–H groups in total. The number of nitrogens with one attached hydrogen (secondary N) is 1. The minimum atomic E-state index is -0.214. The molecule has 0 saturated heterocycles. The zero-order valence-electron chi connectivity index (χ0n) is 12.8. The predicted molar refractivity (Wildman–Crippen MR) is 81.0 cm³/mol. The number of methoxy groups -OCH3 is 1. The van der Waals surface area contributed by atoms with Crippen LogP contribution < -0.4 is 10.1 Å². The highest BCUT2D eigenvalue weighted by atomic mass is 19.1. The lowest BCUT2D eigenvalue weighted by molar-refractivity contribution is 0.393. The number of ether oxygens (including phenoxy) is 1. The van der Waals surface area contributed by atoms with E-state index < -0.39 is 0 Å². The van der Waals surface area contributed by atoms with E-state index in [0.29, 0.717) is 0 Å². The highest BCUT2D eigenvalue weighted by Crippen LogP contribution is 2.27. The largest absolute Gasteiger partial charge is 0.493 e. The van der Waals surface area contributed by atoms with Crippen LogP contribution in [0.1, 0.15) is 30.6 Å². The van der Waals surface area contributed by atoms with Crippen LogP contribution in [0.5, 0.6) is 5.75 Å². The first-order valence-electron chi connectivity index (χ1n) is 7.21. The van der Waals surface area contributed by atoms with Crippen molar-refractivity contribution in [3.63, 3.8) is 0 Å². The summed E-state index contributed by atoms with van der Waals surface area (Å²) in [5.74, 6) is 0.568. The van der Waals surface area contributed by atoms with E-state index in [0.717, 1.165) is 36.4 Å². The maximum atomic E-state index is 13.0. The van der Waals surface area contributed by atoms with E-state index in [2.05, 4.69) is 17.3 Å². The summed E-state index contributed by atoms with van der Waals surface area (Å²) in [6, 6.07) is 6.67. The molecular formula is C16H22FN3O. The molecule has 2 aromatic rings. The maximum Gasteiger partial charge on any atom is 0.161 e. The standard InChI is InChI=1S/C16H22FN3O/c1-4-9-20-16(15(21-3)11-19-20)14(18-2)10-12-5-7-13(17)8-6-12/h5-8,11,14,18H,4,9-10H2,1-3H3. The number of benzene rings is 1. The van der Waals surface area contributed by atoms with Crippen molar-refractivity contribution in [1.29, 1.82) is 0 Å². The molecule has 0 bridgehead atoms. The predicted octanol–water partition coefficient (Wildman–Crippen LogP) is 2.94. The molecule has 1 aromatic carbocycles. The minimum Gasteiger partial charge on any atom is -0.493 e. The molecule has 4 nitrogen and oxygen atoms in total. The van der Waals surface area contributed by atoms with Crippen molar-refractivity contribution in [2.75, 3.05) is 14.2 Å². The fourth-order valence-electron chi connectivity index (χ4n) is 2.47. The van der Waals surface area contributed by atoms with E-state index in [1.54, 1.807) is 13.3 Å². The van der Waals surface area contributed by atoms with Crippen molar-refractivity contribution in [1.82, 2.24) is 15.1 Å². The fourth-order valence-corrected chi connectivity index (χ4v) is 2.47. The average molecular weight is 291 g/mol. The Morgan fingerprint density at radius 2 is 2.05 bits per heavy atom. The van der Waals surface area contributed by atoms with Gasteiger partial charge in [-0.3, -0.25) is 4.68 Å². The summed E-state index contributed by atoms with van der Waals surface area (Å²) in [5.41, 5.74) is 2.10. The number of nitrogens with zero attached hydrogens (tertiary/aromatic N) is 2. The van der Waals surface area contributed by atoms with Crippen LogP contribution in [0, 0.1) is 5.82 Å². The summed E-state index contributed by atoms with van der Waals surface area (Å²) in [6.07, 6.45) is 3.51. The van der Waals surface area contributed by atoms with Gasteiger partial charge in [0, 0.05) is 6.54 Å². The molecule has 1 heterocycles. The van der Waals surface area contributed by atoms with E-state index in [1.165, 1.54) is 12.1 Å². The average Bonchev–Trinajstić information content (AvgIpc) is 2.90. The Morgan fingerprint density at radius 3 is 2.62 bits per heavy atom. The lowest BCUT2D eigenvalue weighted by atomic mass is 10.0. The molecule has 2 rings (SSSR count). The summed E-state index contributed by atoms with van der Waals surface area (Å²) >= 11 is 0. The molecule has 0 saturated carbocycles. The Labute approximate surface area is 124 Å². The quantitative estimate of drug-likeness (QED) is 0.852. The monoisotopic (exact) mass is 291 g/mol. The molecule has 0 aliphatic rings. The molecule has 0 aliphatic heterocycles. The van der Waals surface area contributed by atoms with Crippen molar-refractivity contribution >= 4 is 0 Å². The van der Waals surface area contributed by atoms with Gasteiger partial charge in [-0.1, -0.05) is 19.1 Å². The number of rotatable bonds is 7. The second-order valence-electron chi connectivity index (χ2n) is 4.99. The summed E-state index contributed by atoms with van der Waals surface area (Å²) in [4.78, 5) is 0. The van der Waals surface area contributed by atoms with Crippen molar-refractivity contribution in [2.24, 2.45) is 0 Å². The summed E-state index contributed by atoms with van der Waals surface area (Å²) in [7, 11) is 3.57. The summed E-state index contributed by atoms with van der Waals surface area (Å²) in [5, 5.41) is 7.70. The SMILES string of the molecule is CCCn1ncc(OC)c1C(Cc1ccc(F)cc1)NC. The number of hydrogen-bond acceptors (Lipinski definition) is 3. The Balaban J connectivity index is 2.27. The van der Waals surface area contributed by atoms with Gasteiger partial charge in [0.05, 0.1) is 25.0 Å². The van der Waals surface area contributed by atoms with Gasteiger partial charge in [-0.2, -0.15) is 5.10 Å². The lowest BCUT2D eigenvalue weighted by Crippen LogP contribution is -2.23. The zero-order chi connectivity index (χ0) is 15.2. The summed E-state index contributed by atoms with van der Waals surface area (Å²) in [6.45, 7) is 2.96. The summed E-state index contributed by atoms with van der Waals surface area (Å²) < 4.78 is 20.4. The molecule has 114 valence electrons. The van der Waals surface area contributed by atoms with Crippen LogP contribution in [-0.4, -0.2) is 23.9 Å². The van der Waals surface area contributed by atoms with Crippen molar-refractivity contribution in [3.8, 4) is 5.75 Å². The second-order valence-corrected chi connectivity index (χ2v) is 4.99. The Kier molecular flexibility index (Phi) is 5.33. The fraction of sp³-hybridized carbons (Fsp3) is 0.438.